The average Bonchev–Trinajstić information content (AvgIpc) is 3.41. The normalized spacial score (nSPS) is 11.2. The lowest BCUT2D eigenvalue weighted by atomic mass is 10.0. The second-order valence-electron chi connectivity index (χ2n) is 8.61. The molecule has 7 nitrogen and oxygen atoms in total. The molecule has 0 amide bonds. The molecule has 4 aromatic rings. The molecule has 34 heavy (non-hydrogen) atoms. The van der Waals surface area contributed by atoms with Gasteiger partial charge in [-0.3, -0.25) is 9.48 Å². The molecular weight excluding hydrogens is 430 g/mol. The van der Waals surface area contributed by atoms with Crippen molar-refractivity contribution < 1.29 is 19.1 Å². The number of carboxylic acids is 1. The molecule has 2 aromatic heterocycles. The van der Waals surface area contributed by atoms with Gasteiger partial charge in [0.2, 0.25) is 5.89 Å². The van der Waals surface area contributed by atoms with Crippen molar-refractivity contribution in [2.45, 2.75) is 52.7 Å². The Bertz CT molecular complexity index is 1240. The fraction of sp³-hybridized carbons (Fsp3) is 0.296. The Morgan fingerprint density at radius 3 is 2.53 bits per heavy atom. The van der Waals surface area contributed by atoms with Gasteiger partial charge in [0, 0.05) is 18.2 Å². The maximum atomic E-state index is 11.0. The zero-order valence-corrected chi connectivity index (χ0v) is 19.7. The first-order valence-electron chi connectivity index (χ1n) is 11.4. The van der Waals surface area contributed by atoms with E-state index in [1.54, 1.807) is 0 Å². The van der Waals surface area contributed by atoms with E-state index < -0.39 is 5.97 Å². The second kappa shape index (κ2) is 10.4. The molecule has 0 unspecified atom stereocenters. The largest absolute Gasteiger partial charge is 0.487 e. The van der Waals surface area contributed by atoms with Crippen LogP contribution in [0.2, 0.25) is 0 Å². The number of aromatic nitrogens is 3. The van der Waals surface area contributed by atoms with Gasteiger partial charge in [0.1, 0.15) is 23.8 Å². The van der Waals surface area contributed by atoms with Crippen LogP contribution < -0.4 is 4.74 Å². The molecule has 0 fully saturated rings. The molecule has 2 aromatic carbocycles. The van der Waals surface area contributed by atoms with E-state index in [1.807, 2.05) is 72.4 Å². The summed E-state index contributed by atoms with van der Waals surface area (Å²) in [6, 6.07) is 17.7. The minimum Gasteiger partial charge on any atom is -0.487 e. The third-order valence-corrected chi connectivity index (χ3v) is 5.58. The van der Waals surface area contributed by atoms with E-state index in [9.17, 15) is 4.79 Å². The first-order chi connectivity index (χ1) is 16.4. The van der Waals surface area contributed by atoms with Crippen molar-refractivity contribution >= 4 is 5.97 Å². The number of carboxylic acid groups (broad SMARTS) is 1. The first kappa shape index (κ1) is 23.3. The van der Waals surface area contributed by atoms with Crippen LogP contribution in [0.1, 0.15) is 54.5 Å². The lowest BCUT2D eigenvalue weighted by Crippen LogP contribution is -2.02. The Balaban J connectivity index is 1.38. The summed E-state index contributed by atoms with van der Waals surface area (Å²) in [4.78, 5) is 15.5. The highest BCUT2D eigenvalue weighted by Crippen LogP contribution is 2.23. The van der Waals surface area contributed by atoms with Gasteiger partial charge >= 0.3 is 5.97 Å². The number of aryl methyl sites for hydroxylation is 2. The zero-order valence-electron chi connectivity index (χ0n) is 19.7. The molecular formula is C27H29N3O4. The molecule has 176 valence electrons. The molecule has 7 heteroatoms. The van der Waals surface area contributed by atoms with Crippen LogP contribution in [0.25, 0.3) is 11.5 Å². The smallest absolute Gasteiger partial charge is 0.303 e. The molecule has 0 bridgehead atoms. The molecule has 0 spiro atoms. The summed E-state index contributed by atoms with van der Waals surface area (Å²) in [5, 5.41) is 13.7. The minimum atomic E-state index is -0.796. The third kappa shape index (κ3) is 5.73. The standard InChI is InChI=1S/C27H29N3O4/c1-18(2)26-22(11-14-25(31)32)16-30(29-26)15-20-9-12-23(13-10-20)33-17-24-19(3)34-27(28-24)21-7-5-4-6-8-21/h4-10,12-13,16,18H,11,14-15,17H2,1-3H3,(H,31,32). The Labute approximate surface area is 199 Å². The van der Waals surface area contributed by atoms with E-state index in [0.717, 1.165) is 39.6 Å². The summed E-state index contributed by atoms with van der Waals surface area (Å²) in [5.41, 5.74) is 4.74. The molecule has 1 N–H and O–H groups in total. The van der Waals surface area contributed by atoms with Gasteiger partial charge in [-0.2, -0.15) is 5.10 Å². The Morgan fingerprint density at radius 1 is 1.12 bits per heavy atom. The number of hydrogen-bond donors (Lipinski definition) is 1. The summed E-state index contributed by atoms with van der Waals surface area (Å²) in [6.07, 6.45) is 2.55. The molecule has 4 rings (SSSR count). The average molecular weight is 460 g/mol. The lowest BCUT2D eigenvalue weighted by molar-refractivity contribution is -0.136. The summed E-state index contributed by atoms with van der Waals surface area (Å²) in [7, 11) is 0. The van der Waals surface area contributed by atoms with Gasteiger partial charge in [-0.25, -0.2) is 4.98 Å². The first-order valence-corrected chi connectivity index (χ1v) is 11.4. The van der Waals surface area contributed by atoms with Gasteiger partial charge in [0.25, 0.3) is 0 Å². The van der Waals surface area contributed by atoms with Gasteiger partial charge in [-0.15, -0.1) is 0 Å². The number of ether oxygens (including phenoxy) is 1. The maximum absolute atomic E-state index is 11.0. The third-order valence-electron chi connectivity index (χ3n) is 5.58. The van der Waals surface area contributed by atoms with E-state index in [2.05, 4.69) is 18.8 Å². The Kier molecular flexibility index (Phi) is 7.11. The van der Waals surface area contributed by atoms with E-state index >= 15 is 0 Å². The van der Waals surface area contributed by atoms with Crippen molar-refractivity contribution in [3.63, 3.8) is 0 Å². The van der Waals surface area contributed by atoms with Crippen molar-refractivity contribution in [3.05, 3.63) is 89.1 Å². The molecule has 0 atom stereocenters. The predicted octanol–water partition coefficient (Wildman–Crippen LogP) is 5.61. The lowest BCUT2D eigenvalue weighted by Gasteiger charge is -2.07. The van der Waals surface area contributed by atoms with Gasteiger partial charge in [-0.05, 0) is 54.7 Å². The van der Waals surface area contributed by atoms with Gasteiger partial charge in [-0.1, -0.05) is 44.2 Å². The number of rotatable bonds is 10. The fourth-order valence-corrected chi connectivity index (χ4v) is 3.77. The number of aliphatic carboxylic acids is 1. The number of nitrogens with zero attached hydrogens (tertiary/aromatic N) is 3. The van der Waals surface area contributed by atoms with Gasteiger partial charge in [0.15, 0.2) is 0 Å². The molecule has 0 aliphatic heterocycles. The van der Waals surface area contributed by atoms with Crippen molar-refractivity contribution in [1.82, 2.24) is 14.8 Å². The highest BCUT2D eigenvalue weighted by molar-refractivity contribution is 5.67. The fourth-order valence-electron chi connectivity index (χ4n) is 3.77. The Morgan fingerprint density at radius 2 is 1.85 bits per heavy atom. The van der Waals surface area contributed by atoms with Crippen molar-refractivity contribution in [3.8, 4) is 17.2 Å². The highest BCUT2D eigenvalue weighted by Gasteiger charge is 2.14. The van der Waals surface area contributed by atoms with Gasteiger partial charge < -0.3 is 14.3 Å². The molecule has 0 saturated heterocycles. The monoisotopic (exact) mass is 459 g/mol. The molecule has 0 radical (unpaired) electrons. The number of benzene rings is 2. The Hall–Kier alpha value is -3.87. The second-order valence-corrected chi connectivity index (χ2v) is 8.61. The van der Waals surface area contributed by atoms with Crippen LogP contribution in [0.15, 0.2) is 65.2 Å². The number of carbonyl (C=O) groups is 1. The number of hydrogen-bond acceptors (Lipinski definition) is 5. The van der Waals surface area contributed by atoms with Crippen LogP contribution in [-0.2, 0) is 24.4 Å². The molecule has 0 aliphatic rings. The zero-order chi connectivity index (χ0) is 24.1. The van der Waals surface area contributed by atoms with E-state index in [-0.39, 0.29) is 12.3 Å². The molecule has 0 aliphatic carbocycles. The molecule has 2 heterocycles. The minimum absolute atomic E-state index is 0.106. The topological polar surface area (TPSA) is 90.4 Å². The van der Waals surface area contributed by atoms with Crippen molar-refractivity contribution in [2.24, 2.45) is 0 Å². The van der Waals surface area contributed by atoms with Crippen LogP contribution in [0, 0.1) is 6.92 Å². The van der Waals surface area contributed by atoms with Crippen molar-refractivity contribution in [1.29, 1.82) is 0 Å². The summed E-state index contributed by atoms with van der Waals surface area (Å²) in [5.74, 6) is 1.53. The quantitative estimate of drug-likeness (QED) is 0.331. The molecule has 0 saturated carbocycles. The van der Waals surface area contributed by atoms with E-state index in [0.29, 0.717) is 25.5 Å². The van der Waals surface area contributed by atoms with Crippen LogP contribution in [0.4, 0.5) is 0 Å². The van der Waals surface area contributed by atoms with Crippen LogP contribution in [0.3, 0.4) is 0 Å². The number of oxazole rings is 1. The van der Waals surface area contributed by atoms with Crippen LogP contribution >= 0.6 is 0 Å². The predicted molar refractivity (Wildman–Crippen MR) is 129 cm³/mol. The van der Waals surface area contributed by atoms with Gasteiger partial charge in [0.05, 0.1) is 12.2 Å². The maximum Gasteiger partial charge on any atom is 0.303 e. The summed E-state index contributed by atoms with van der Waals surface area (Å²) in [6.45, 7) is 6.97. The summed E-state index contributed by atoms with van der Waals surface area (Å²) >= 11 is 0. The van der Waals surface area contributed by atoms with Crippen LogP contribution in [0.5, 0.6) is 5.75 Å². The van der Waals surface area contributed by atoms with E-state index in [4.69, 9.17) is 19.4 Å². The summed E-state index contributed by atoms with van der Waals surface area (Å²) < 4.78 is 13.6. The SMILES string of the molecule is Cc1oc(-c2ccccc2)nc1COc1ccc(Cn2cc(CCC(=O)O)c(C(C)C)n2)cc1. The highest BCUT2D eigenvalue weighted by atomic mass is 16.5. The van der Waals surface area contributed by atoms with Crippen molar-refractivity contribution in [2.75, 3.05) is 0 Å². The van der Waals surface area contributed by atoms with Crippen LogP contribution in [-0.4, -0.2) is 25.8 Å². The van der Waals surface area contributed by atoms with E-state index in [1.165, 1.54) is 0 Å².